The molecule has 0 N–H and O–H groups in total. The summed E-state index contributed by atoms with van der Waals surface area (Å²) in [7, 11) is -1.91. The molecule has 132 valence electrons. The van der Waals surface area contributed by atoms with Crippen molar-refractivity contribution in [2.75, 3.05) is 0 Å². The number of halogens is 11. The fourth-order valence-corrected chi connectivity index (χ4v) is 14.4. The van der Waals surface area contributed by atoms with E-state index in [9.17, 15) is 0 Å². The van der Waals surface area contributed by atoms with Crippen molar-refractivity contribution >= 4 is 141 Å². The normalized spacial score (nSPS) is 40.0. The molecule has 22 heavy (non-hydrogen) atoms. The second kappa shape index (κ2) is 6.48. The number of hydrogen-bond acceptors (Lipinski definition) is 3. The summed E-state index contributed by atoms with van der Waals surface area (Å²) in [5.41, 5.74) is 0. The summed E-state index contributed by atoms with van der Waals surface area (Å²) in [6, 6.07) is 0. The molecule has 3 nitrogen and oxygen atoms in total. The van der Waals surface area contributed by atoms with Crippen LogP contribution in [-0.4, -0.2) is 28.9 Å². The summed E-state index contributed by atoms with van der Waals surface area (Å²) < 4.78 is 10.1. The molecule has 3 aliphatic rings. The van der Waals surface area contributed by atoms with Crippen molar-refractivity contribution < 1.29 is 13.6 Å². The Morgan fingerprint density at radius 3 is 1.00 bits per heavy atom. The van der Waals surface area contributed by atoms with Crippen LogP contribution in [0.3, 0.4) is 0 Å². The van der Waals surface area contributed by atoms with Gasteiger partial charge in [-0.1, -0.05) is 0 Å². The van der Waals surface area contributed by atoms with E-state index in [1.807, 2.05) is 0 Å². The van der Waals surface area contributed by atoms with E-state index in [-0.39, 0.29) is 0 Å². The summed E-state index contributed by atoms with van der Waals surface area (Å²) in [6.07, 6.45) is 0. The standard InChI is InChI=1S/C6H3Cl11O3P2/c7-4(8,9)1-18-22(16,17)19-2(5(10,11)12)21(1)3(20-22)6(13,14)15/h1-3H. The molecule has 16 heteroatoms. The van der Waals surface area contributed by atoms with E-state index in [1.54, 1.807) is 0 Å². The molecule has 3 saturated heterocycles. The average Bonchev–Trinajstić information content (AvgIpc) is 2.22. The summed E-state index contributed by atoms with van der Waals surface area (Å²) in [6.45, 7) is 0. The zero-order valence-electron chi connectivity index (χ0n) is 9.51. The van der Waals surface area contributed by atoms with Gasteiger partial charge >= 0.3 is 183 Å². The van der Waals surface area contributed by atoms with Crippen LogP contribution in [0.15, 0.2) is 0 Å². The van der Waals surface area contributed by atoms with Crippen LogP contribution in [0.2, 0.25) is 0 Å². The van der Waals surface area contributed by atoms with Crippen molar-refractivity contribution in [2.45, 2.75) is 28.9 Å². The molecule has 0 radical (unpaired) electrons. The van der Waals surface area contributed by atoms with Gasteiger partial charge in [0.15, 0.2) is 0 Å². The first kappa shape index (κ1) is 22.2. The minimum atomic E-state index is -4.85. The second-order valence-electron chi connectivity index (χ2n) is 4.15. The maximum atomic E-state index is 6.17. The third-order valence-electron chi connectivity index (χ3n) is 2.45. The molecule has 0 aromatic heterocycles. The van der Waals surface area contributed by atoms with Crippen molar-refractivity contribution in [1.29, 1.82) is 0 Å². The van der Waals surface area contributed by atoms with Gasteiger partial charge < -0.3 is 0 Å². The molecule has 3 aliphatic heterocycles. The third kappa shape index (κ3) is 4.67. The van der Waals surface area contributed by atoms with Crippen molar-refractivity contribution in [3.8, 4) is 0 Å². The van der Waals surface area contributed by atoms with Gasteiger partial charge in [0.1, 0.15) is 0 Å². The minimum absolute atomic E-state index is 1.25. The SMILES string of the molecule is ClC(Cl)(Cl)C1OP2(Cl)(Cl)OC(C(Cl)(Cl)Cl)P1C(C(Cl)(Cl)Cl)O2. The van der Waals surface area contributed by atoms with Crippen LogP contribution in [-0.2, 0) is 13.6 Å². The van der Waals surface area contributed by atoms with Gasteiger partial charge in [0.2, 0.25) is 0 Å². The van der Waals surface area contributed by atoms with E-state index in [2.05, 4.69) is 0 Å². The second-order valence-corrected chi connectivity index (χ2v) is 19.6. The number of rotatable bonds is 0. The van der Waals surface area contributed by atoms with Crippen LogP contribution < -0.4 is 0 Å². The van der Waals surface area contributed by atoms with Crippen molar-refractivity contribution in [1.82, 2.24) is 0 Å². The van der Waals surface area contributed by atoms with E-state index >= 15 is 0 Å². The molecule has 0 amide bonds. The van der Waals surface area contributed by atoms with Gasteiger partial charge in [-0.25, -0.2) is 0 Å². The van der Waals surface area contributed by atoms with Gasteiger partial charge in [0.05, 0.1) is 0 Å². The fraction of sp³-hybridized carbons (Fsp3) is 1.00. The molecular formula is C6H3Cl11O3P2. The summed E-state index contributed by atoms with van der Waals surface area (Å²) in [5.74, 6) is -8.59. The molecule has 3 rings (SSSR count). The van der Waals surface area contributed by atoms with E-state index < -0.39 is 42.8 Å². The number of fused-ring (bicyclic) bond motifs is 3. The van der Waals surface area contributed by atoms with Gasteiger partial charge in [-0.05, 0) is 0 Å². The van der Waals surface area contributed by atoms with E-state index in [1.165, 1.54) is 0 Å². The molecule has 2 bridgehead atoms. The monoisotopic (exact) mass is 570 g/mol. The first-order valence-electron chi connectivity index (χ1n) is 4.93. The maximum absolute atomic E-state index is 6.17. The van der Waals surface area contributed by atoms with E-state index in [0.29, 0.717) is 0 Å². The predicted molar refractivity (Wildman–Crippen MR) is 101 cm³/mol. The Morgan fingerprint density at radius 1 is 0.591 bits per heavy atom. The average molecular weight is 575 g/mol. The van der Waals surface area contributed by atoms with Crippen LogP contribution in [0.25, 0.3) is 0 Å². The van der Waals surface area contributed by atoms with Gasteiger partial charge in [-0.15, -0.1) is 0 Å². The van der Waals surface area contributed by atoms with Gasteiger partial charge in [-0.3, -0.25) is 0 Å². The molecule has 0 aromatic rings. The van der Waals surface area contributed by atoms with Crippen LogP contribution in [0.4, 0.5) is 0 Å². The Balaban J connectivity index is 2.60. The Bertz CT molecular complexity index is 403. The summed E-state index contributed by atoms with van der Waals surface area (Å²) in [5, 5.41) is 0. The molecule has 0 aromatic carbocycles. The van der Waals surface area contributed by atoms with Gasteiger partial charge in [0, 0.05) is 0 Å². The quantitative estimate of drug-likeness (QED) is 0.215. The van der Waals surface area contributed by atoms with Crippen LogP contribution in [0.1, 0.15) is 0 Å². The van der Waals surface area contributed by atoms with E-state index in [0.717, 1.165) is 0 Å². The fourth-order valence-electron chi connectivity index (χ4n) is 1.76. The topological polar surface area (TPSA) is 27.7 Å². The molecule has 0 spiro atoms. The van der Waals surface area contributed by atoms with Crippen molar-refractivity contribution in [3.05, 3.63) is 0 Å². The molecule has 3 unspecified atom stereocenters. The molecular weight excluding hydrogens is 572 g/mol. The first-order valence-corrected chi connectivity index (χ1v) is 13.7. The molecule has 3 heterocycles. The Morgan fingerprint density at radius 2 is 0.818 bits per heavy atom. The summed E-state index contributed by atoms with van der Waals surface area (Å²) >= 11 is 65.6. The van der Waals surface area contributed by atoms with Crippen LogP contribution >= 0.6 is 141 Å². The number of alkyl halides is 9. The predicted octanol–water partition coefficient (Wildman–Crippen LogP) is 8.24. The molecule has 3 fully saturated rings. The van der Waals surface area contributed by atoms with Gasteiger partial charge in [-0.2, -0.15) is 0 Å². The Labute approximate surface area is 181 Å². The number of hydrogen-bond donors (Lipinski definition) is 0. The Kier molecular flexibility index (Phi) is 6.55. The zero-order chi connectivity index (χ0) is 17.4. The molecule has 3 atom stereocenters. The van der Waals surface area contributed by atoms with E-state index in [4.69, 9.17) is 140 Å². The molecule has 0 saturated carbocycles. The first-order chi connectivity index (χ1) is 9.43. The molecule has 0 aliphatic carbocycles. The zero-order valence-corrected chi connectivity index (χ0v) is 19.6. The van der Waals surface area contributed by atoms with Crippen LogP contribution in [0.5, 0.6) is 0 Å². The van der Waals surface area contributed by atoms with Crippen LogP contribution in [0, 0.1) is 0 Å². The van der Waals surface area contributed by atoms with Crippen molar-refractivity contribution in [3.63, 3.8) is 0 Å². The van der Waals surface area contributed by atoms with Crippen molar-refractivity contribution in [2.24, 2.45) is 0 Å². The van der Waals surface area contributed by atoms with Gasteiger partial charge in [0.25, 0.3) is 0 Å². The summed E-state index contributed by atoms with van der Waals surface area (Å²) in [4.78, 5) is 0. The Hall–Kier alpha value is 3.93. The third-order valence-corrected chi connectivity index (χ3v) is 12.3.